The van der Waals surface area contributed by atoms with Crippen molar-refractivity contribution < 1.29 is 18.9 Å². The first-order valence-electron chi connectivity index (χ1n) is 8.54. The average molecular weight is 323 g/mol. The van der Waals surface area contributed by atoms with Crippen LogP contribution in [0.25, 0.3) is 0 Å². The Bertz CT molecular complexity index is 382. The van der Waals surface area contributed by atoms with Crippen LogP contribution in [0, 0.1) is 0 Å². The minimum absolute atomic E-state index is 0.401. The molecule has 0 atom stereocenters. The summed E-state index contributed by atoms with van der Waals surface area (Å²) in [6.07, 6.45) is 2.61. The van der Waals surface area contributed by atoms with Crippen LogP contribution in [-0.4, -0.2) is 58.8 Å². The largest absolute Gasteiger partial charge is 0.377 e. The molecule has 5 heteroatoms. The Balaban J connectivity index is 1.30. The van der Waals surface area contributed by atoms with Crippen molar-refractivity contribution >= 4 is 0 Å². The second-order valence-electron chi connectivity index (χ2n) is 5.58. The highest BCUT2D eigenvalue weighted by Gasteiger charge is 2.12. The highest BCUT2D eigenvalue weighted by atomic mass is 16.6. The molecule has 0 amide bonds. The van der Waals surface area contributed by atoms with Gasteiger partial charge in [0.2, 0.25) is 0 Å². The average Bonchev–Trinajstić information content (AvgIpc) is 2.61. The molecule has 1 N–H and O–H groups in total. The van der Waals surface area contributed by atoms with Gasteiger partial charge in [-0.25, -0.2) is 0 Å². The molecule has 1 fully saturated rings. The first-order valence-corrected chi connectivity index (χ1v) is 8.54. The van der Waals surface area contributed by atoms with Crippen molar-refractivity contribution in [1.29, 1.82) is 0 Å². The number of piperidine rings is 1. The molecule has 1 aromatic carbocycles. The van der Waals surface area contributed by atoms with Gasteiger partial charge >= 0.3 is 0 Å². The van der Waals surface area contributed by atoms with E-state index in [2.05, 4.69) is 17.4 Å². The molecule has 0 bridgehead atoms. The highest BCUT2D eigenvalue weighted by Crippen LogP contribution is 2.06. The van der Waals surface area contributed by atoms with E-state index in [0.29, 0.717) is 52.4 Å². The molecule has 1 saturated heterocycles. The van der Waals surface area contributed by atoms with Gasteiger partial charge in [0.1, 0.15) is 0 Å². The molecule has 5 nitrogen and oxygen atoms in total. The molecule has 1 heterocycles. The Hall–Kier alpha value is -0.980. The maximum Gasteiger partial charge on any atom is 0.0718 e. The van der Waals surface area contributed by atoms with E-state index >= 15 is 0 Å². The van der Waals surface area contributed by atoms with E-state index in [-0.39, 0.29) is 0 Å². The van der Waals surface area contributed by atoms with Gasteiger partial charge in [0, 0.05) is 0 Å². The predicted octanol–water partition coefficient (Wildman–Crippen LogP) is 2.00. The molecule has 0 aliphatic carbocycles. The summed E-state index contributed by atoms with van der Waals surface area (Å²) in [5, 5.41) is 3.33. The fourth-order valence-electron chi connectivity index (χ4n) is 2.44. The van der Waals surface area contributed by atoms with Gasteiger partial charge in [-0.3, -0.25) is 0 Å². The number of hydrogen-bond acceptors (Lipinski definition) is 5. The van der Waals surface area contributed by atoms with Gasteiger partial charge in [-0.15, -0.1) is 0 Å². The van der Waals surface area contributed by atoms with E-state index in [0.717, 1.165) is 25.9 Å². The fourth-order valence-corrected chi connectivity index (χ4v) is 2.44. The molecule has 2 rings (SSSR count). The van der Waals surface area contributed by atoms with Gasteiger partial charge in [-0.05, 0) is 31.5 Å². The fraction of sp³-hybridized carbons (Fsp3) is 0.667. The van der Waals surface area contributed by atoms with Crippen LogP contribution in [0.2, 0.25) is 0 Å². The molecule has 0 spiro atoms. The van der Waals surface area contributed by atoms with Crippen molar-refractivity contribution in [3.8, 4) is 0 Å². The second kappa shape index (κ2) is 12.4. The lowest BCUT2D eigenvalue weighted by atomic mass is 10.1. The van der Waals surface area contributed by atoms with Crippen LogP contribution in [-0.2, 0) is 25.6 Å². The predicted molar refractivity (Wildman–Crippen MR) is 89.6 cm³/mol. The summed E-state index contributed by atoms with van der Waals surface area (Å²) >= 11 is 0. The standard InChI is InChI=1S/C18H29NO4/c1-2-4-17(5-3-1)16-22-13-12-20-10-11-21-14-15-23-18-6-8-19-9-7-18/h1-5,18-19H,6-16H2. The van der Waals surface area contributed by atoms with Crippen LogP contribution in [0.15, 0.2) is 30.3 Å². The third-order valence-electron chi connectivity index (χ3n) is 3.72. The van der Waals surface area contributed by atoms with Crippen LogP contribution >= 0.6 is 0 Å². The first-order chi connectivity index (χ1) is 11.4. The molecule has 1 aliphatic rings. The lowest BCUT2D eigenvalue weighted by Gasteiger charge is -2.22. The van der Waals surface area contributed by atoms with E-state index in [9.17, 15) is 0 Å². The lowest BCUT2D eigenvalue weighted by molar-refractivity contribution is -0.0259. The number of rotatable bonds is 12. The smallest absolute Gasteiger partial charge is 0.0718 e. The quantitative estimate of drug-likeness (QED) is 0.596. The van der Waals surface area contributed by atoms with Gasteiger partial charge in [0.05, 0.1) is 52.4 Å². The summed E-state index contributed by atoms with van der Waals surface area (Å²) in [5.41, 5.74) is 1.18. The Morgan fingerprint density at radius 3 is 2.09 bits per heavy atom. The van der Waals surface area contributed by atoms with Crippen molar-refractivity contribution in [3.05, 3.63) is 35.9 Å². The van der Waals surface area contributed by atoms with Crippen LogP contribution in [0.4, 0.5) is 0 Å². The molecule has 0 aromatic heterocycles. The zero-order valence-corrected chi connectivity index (χ0v) is 13.9. The maximum atomic E-state index is 5.76. The molecular formula is C18H29NO4. The van der Waals surface area contributed by atoms with Gasteiger partial charge in [0.15, 0.2) is 0 Å². The first kappa shape index (κ1) is 18.4. The van der Waals surface area contributed by atoms with Gasteiger partial charge in [-0.1, -0.05) is 30.3 Å². The van der Waals surface area contributed by atoms with Crippen molar-refractivity contribution in [2.24, 2.45) is 0 Å². The molecule has 23 heavy (non-hydrogen) atoms. The second-order valence-corrected chi connectivity index (χ2v) is 5.58. The van der Waals surface area contributed by atoms with E-state index in [1.54, 1.807) is 0 Å². The summed E-state index contributed by atoms with van der Waals surface area (Å²) in [6.45, 7) is 6.47. The Morgan fingerprint density at radius 2 is 1.39 bits per heavy atom. The number of ether oxygens (including phenoxy) is 4. The molecule has 1 aromatic rings. The zero-order valence-electron chi connectivity index (χ0n) is 13.9. The topological polar surface area (TPSA) is 49.0 Å². The van der Waals surface area contributed by atoms with E-state index < -0.39 is 0 Å². The zero-order chi connectivity index (χ0) is 16.0. The molecule has 0 unspecified atom stereocenters. The number of nitrogens with one attached hydrogen (secondary N) is 1. The van der Waals surface area contributed by atoms with E-state index in [1.165, 1.54) is 5.56 Å². The Labute approximate surface area is 139 Å². The third kappa shape index (κ3) is 9.03. The van der Waals surface area contributed by atoms with Crippen LogP contribution in [0.1, 0.15) is 18.4 Å². The van der Waals surface area contributed by atoms with Crippen molar-refractivity contribution in [2.45, 2.75) is 25.6 Å². The van der Waals surface area contributed by atoms with Crippen molar-refractivity contribution in [3.63, 3.8) is 0 Å². The van der Waals surface area contributed by atoms with E-state index in [4.69, 9.17) is 18.9 Å². The summed E-state index contributed by atoms with van der Waals surface area (Å²) in [4.78, 5) is 0. The van der Waals surface area contributed by atoms with Crippen LogP contribution < -0.4 is 5.32 Å². The molecule has 130 valence electrons. The SMILES string of the molecule is c1ccc(COCCOCCOCCOC2CCNCC2)cc1. The summed E-state index contributed by atoms with van der Waals surface area (Å²) < 4.78 is 22.3. The minimum Gasteiger partial charge on any atom is -0.377 e. The van der Waals surface area contributed by atoms with Gasteiger partial charge in [-0.2, -0.15) is 0 Å². The minimum atomic E-state index is 0.401. The monoisotopic (exact) mass is 323 g/mol. The summed E-state index contributed by atoms with van der Waals surface area (Å²) in [7, 11) is 0. The van der Waals surface area contributed by atoms with Crippen molar-refractivity contribution in [1.82, 2.24) is 5.32 Å². The lowest BCUT2D eigenvalue weighted by Crippen LogP contribution is -2.33. The highest BCUT2D eigenvalue weighted by molar-refractivity contribution is 5.13. The molecule has 0 radical (unpaired) electrons. The van der Waals surface area contributed by atoms with Crippen molar-refractivity contribution in [2.75, 3.05) is 52.7 Å². The summed E-state index contributed by atoms with van der Waals surface area (Å²) in [5.74, 6) is 0. The van der Waals surface area contributed by atoms with Gasteiger partial charge < -0.3 is 24.3 Å². The maximum absolute atomic E-state index is 5.76. The number of benzene rings is 1. The Kier molecular flexibility index (Phi) is 9.93. The molecule has 0 saturated carbocycles. The van der Waals surface area contributed by atoms with E-state index in [1.807, 2.05) is 18.2 Å². The third-order valence-corrected chi connectivity index (χ3v) is 3.72. The van der Waals surface area contributed by atoms with Gasteiger partial charge in [0.25, 0.3) is 0 Å². The summed E-state index contributed by atoms with van der Waals surface area (Å²) in [6, 6.07) is 10.1. The van der Waals surface area contributed by atoms with Crippen LogP contribution in [0.5, 0.6) is 0 Å². The molecule has 1 aliphatic heterocycles. The van der Waals surface area contributed by atoms with Crippen LogP contribution in [0.3, 0.4) is 0 Å². The molecular weight excluding hydrogens is 294 g/mol. The Morgan fingerprint density at radius 1 is 0.783 bits per heavy atom. The number of hydrogen-bond donors (Lipinski definition) is 1. The normalized spacial score (nSPS) is 15.8.